The monoisotopic (exact) mass is 349 g/mol. The van der Waals surface area contributed by atoms with Crippen molar-refractivity contribution in [3.8, 4) is 22.8 Å². The standard InChI is InChI=1S/C19H15N3O4/c1-25-11-7-10-5-3-4-6-12(10)13(8-11)14-9-15-16(21-18(14)26-2)17(23)22-19(24)20-15/h3-9H,1-2H3,(H2,20,22,23,24). The molecule has 0 saturated carbocycles. The Hall–Kier alpha value is -3.61. The molecule has 2 aromatic carbocycles. The summed E-state index contributed by atoms with van der Waals surface area (Å²) >= 11 is 0. The molecule has 0 atom stereocenters. The highest BCUT2D eigenvalue weighted by atomic mass is 16.5. The highest BCUT2D eigenvalue weighted by Gasteiger charge is 2.16. The lowest BCUT2D eigenvalue weighted by molar-refractivity contribution is 0.401. The largest absolute Gasteiger partial charge is 0.497 e. The van der Waals surface area contributed by atoms with Crippen LogP contribution in [-0.4, -0.2) is 29.2 Å². The molecule has 2 heterocycles. The molecule has 0 saturated heterocycles. The second kappa shape index (κ2) is 6.03. The second-order valence-corrected chi connectivity index (χ2v) is 5.75. The highest BCUT2D eigenvalue weighted by molar-refractivity contribution is 6.00. The summed E-state index contributed by atoms with van der Waals surface area (Å²) in [7, 11) is 3.08. The van der Waals surface area contributed by atoms with E-state index in [0.717, 1.165) is 16.3 Å². The summed E-state index contributed by atoms with van der Waals surface area (Å²) in [6, 6.07) is 13.3. The number of aromatic nitrogens is 3. The van der Waals surface area contributed by atoms with E-state index in [0.29, 0.717) is 16.8 Å². The molecule has 0 bridgehead atoms. The number of hydrogen-bond acceptors (Lipinski definition) is 5. The number of pyridine rings is 1. The van der Waals surface area contributed by atoms with Gasteiger partial charge in [-0.2, -0.15) is 0 Å². The molecule has 0 spiro atoms. The third-order valence-corrected chi connectivity index (χ3v) is 4.23. The van der Waals surface area contributed by atoms with E-state index in [1.807, 2.05) is 36.4 Å². The molecular weight excluding hydrogens is 334 g/mol. The summed E-state index contributed by atoms with van der Waals surface area (Å²) < 4.78 is 10.8. The molecule has 7 nitrogen and oxygen atoms in total. The van der Waals surface area contributed by atoms with Crippen molar-refractivity contribution in [2.45, 2.75) is 0 Å². The molecule has 0 aliphatic heterocycles. The third-order valence-electron chi connectivity index (χ3n) is 4.23. The van der Waals surface area contributed by atoms with Crippen molar-refractivity contribution in [1.82, 2.24) is 15.0 Å². The number of aromatic amines is 2. The zero-order valence-corrected chi connectivity index (χ0v) is 14.1. The van der Waals surface area contributed by atoms with Gasteiger partial charge in [-0.05, 0) is 34.5 Å². The molecule has 130 valence electrons. The van der Waals surface area contributed by atoms with Crippen LogP contribution < -0.4 is 20.7 Å². The van der Waals surface area contributed by atoms with Gasteiger partial charge < -0.3 is 14.5 Å². The van der Waals surface area contributed by atoms with Gasteiger partial charge in [0.15, 0.2) is 5.52 Å². The van der Waals surface area contributed by atoms with E-state index in [1.54, 1.807) is 13.2 Å². The number of hydrogen-bond donors (Lipinski definition) is 2. The van der Waals surface area contributed by atoms with Crippen LogP contribution in [0.15, 0.2) is 52.1 Å². The molecule has 2 aromatic heterocycles. The summed E-state index contributed by atoms with van der Waals surface area (Å²) in [6.45, 7) is 0. The summed E-state index contributed by atoms with van der Waals surface area (Å²) in [5.41, 5.74) is 0.766. The minimum atomic E-state index is -0.587. The van der Waals surface area contributed by atoms with Crippen molar-refractivity contribution in [3.05, 3.63) is 63.3 Å². The average Bonchev–Trinajstić information content (AvgIpc) is 2.66. The van der Waals surface area contributed by atoms with Crippen molar-refractivity contribution in [2.75, 3.05) is 14.2 Å². The Balaban J connectivity index is 2.13. The minimum absolute atomic E-state index is 0.109. The van der Waals surface area contributed by atoms with Gasteiger partial charge in [-0.1, -0.05) is 24.3 Å². The van der Waals surface area contributed by atoms with Crippen LogP contribution in [-0.2, 0) is 0 Å². The van der Waals surface area contributed by atoms with E-state index in [1.165, 1.54) is 7.11 Å². The number of nitrogens with one attached hydrogen (secondary N) is 2. The number of methoxy groups -OCH3 is 2. The van der Waals surface area contributed by atoms with E-state index in [4.69, 9.17) is 9.47 Å². The van der Waals surface area contributed by atoms with Gasteiger partial charge in [0.2, 0.25) is 5.88 Å². The Morgan fingerprint density at radius 3 is 2.50 bits per heavy atom. The first-order valence-electron chi connectivity index (χ1n) is 7.89. The Morgan fingerprint density at radius 2 is 1.73 bits per heavy atom. The minimum Gasteiger partial charge on any atom is -0.497 e. The molecule has 0 aliphatic carbocycles. The van der Waals surface area contributed by atoms with Gasteiger partial charge >= 0.3 is 5.69 Å². The first-order chi connectivity index (χ1) is 12.6. The van der Waals surface area contributed by atoms with E-state index in [2.05, 4.69) is 15.0 Å². The van der Waals surface area contributed by atoms with Crippen LogP contribution in [0.5, 0.6) is 11.6 Å². The van der Waals surface area contributed by atoms with Crippen LogP contribution in [0.3, 0.4) is 0 Å². The predicted octanol–water partition coefficient (Wildman–Crippen LogP) is 2.45. The van der Waals surface area contributed by atoms with Crippen molar-refractivity contribution in [3.63, 3.8) is 0 Å². The number of benzene rings is 2. The third kappa shape index (κ3) is 2.50. The summed E-state index contributed by atoms with van der Waals surface area (Å²) in [5.74, 6) is 0.966. The zero-order valence-electron chi connectivity index (χ0n) is 14.1. The highest BCUT2D eigenvalue weighted by Crippen LogP contribution is 2.37. The van der Waals surface area contributed by atoms with Crippen LogP contribution in [0.4, 0.5) is 0 Å². The summed E-state index contributed by atoms with van der Waals surface area (Å²) in [6.07, 6.45) is 0. The maximum atomic E-state index is 12.0. The number of fused-ring (bicyclic) bond motifs is 2. The molecule has 4 rings (SSSR count). The number of ether oxygens (including phenoxy) is 2. The van der Waals surface area contributed by atoms with Gasteiger partial charge in [0.1, 0.15) is 5.75 Å². The van der Waals surface area contributed by atoms with Gasteiger partial charge in [-0.25, -0.2) is 9.78 Å². The predicted molar refractivity (Wildman–Crippen MR) is 99.0 cm³/mol. The SMILES string of the molecule is COc1cc(-c2cc3[nH]c(=O)[nH]c(=O)c3nc2OC)c2ccccc2c1. The Labute approximate surface area is 147 Å². The Morgan fingerprint density at radius 1 is 0.923 bits per heavy atom. The van der Waals surface area contributed by atoms with Crippen LogP contribution >= 0.6 is 0 Å². The number of nitrogens with zero attached hydrogens (tertiary/aromatic N) is 1. The van der Waals surface area contributed by atoms with Crippen LogP contribution in [0, 0.1) is 0 Å². The topological polar surface area (TPSA) is 97.1 Å². The van der Waals surface area contributed by atoms with Gasteiger partial charge in [0.05, 0.1) is 19.7 Å². The molecule has 0 aliphatic rings. The number of H-pyrrole nitrogens is 2. The van der Waals surface area contributed by atoms with E-state index >= 15 is 0 Å². The van der Waals surface area contributed by atoms with Crippen molar-refractivity contribution in [2.24, 2.45) is 0 Å². The molecule has 0 amide bonds. The lowest BCUT2D eigenvalue weighted by atomic mass is 9.98. The fraction of sp³-hybridized carbons (Fsp3) is 0.105. The first kappa shape index (κ1) is 15.9. The lowest BCUT2D eigenvalue weighted by Crippen LogP contribution is -2.22. The normalized spacial score (nSPS) is 11.0. The quantitative estimate of drug-likeness (QED) is 0.592. The maximum absolute atomic E-state index is 12.0. The van der Waals surface area contributed by atoms with E-state index < -0.39 is 11.2 Å². The molecule has 0 unspecified atom stereocenters. The smallest absolute Gasteiger partial charge is 0.326 e. The fourth-order valence-corrected chi connectivity index (χ4v) is 3.05. The second-order valence-electron chi connectivity index (χ2n) is 5.75. The fourth-order valence-electron chi connectivity index (χ4n) is 3.05. The van der Waals surface area contributed by atoms with Crippen molar-refractivity contribution < 1.29 is 9.47 Å². The van der Waals surface area contributed by atoms with E-state index in [9.17, 15) is 9.59 Å². The summed E-state index contributed by atoms with van der Waals surface area (Å²) in [4.78, 5) is 32.7. The zero-order chi connectivity index (χ0) is 18.3. The Kier molecular flexibility index (Phi) is 3.69. The summed E-state index contributed by atoms with van der Waals surface area (Å²) in [5, 5.41) is 1.96. The van der Waals surface area contributed by atoms with Crippen molar-refractivity contribution in [1.29, 1.82) is 0 Å². The molecule has 2 N–H and O–H groups in total. The molecule has 4 aromatic rings. The van der Waals surface area contributed by atoms with Crippen LogP contribution in [0.25, 0.3) is 32.9 Å². The molecule has 0 radical (unpaired) electrons. The van der Waals surface area contributed by atoms with Crippen LogP contribution in [0.2, 0.25) is 0 Å². The average molecular weight is 349 g/mol. The lowest BCUT2D eigenvalue weighted by Gasteiger charge is -2.13. The van der Waals surface area contributed by atoms with Gasteiger partial charge in [0.25, 0.3) is 5.56 Å². The molecular formula is C19H15N3O4. The van der Waals surface area contributed by atoms with Gasteiger partial charge in [0, 0.05) is 5.56 Å². The van der Waals surface area contributed by atoms with Crippen LogP contribution in [0.1, 0.15) is 0 Å². The Bertz CT molecular complexity index is 1260. The van der Waals surface area contributed by atoms with Gasteiger partial charge in [-0.3, -0.25) is 9.78 Å². The molecule has 0 fully saturated rings. The maximum Gasteiger partial charge on any atom is 0.326 e. The molecule has 7 heteroatoms. The molecule has 26 heavy (non-hydrogen) atoms. The van der Waals surface area contributed by atoms with Crippen molar-refractivity contribution >= 4 is 21.8 Å². The van der Waals surface area contributed by atoms with Gasteiger partial charge in [-0.15, -0.1) is 0 Å². The van der Waals surface area contributed by atoms with E-state index in [-0.39, 0.29) is 11.4 Å². The first-order valence-corrected chi connectivity index (χ1v) is 7.89. The number of rotatable bonds is 3.